The van der Waals surface area contributed by atoms with E-state index in [9.17, 15) is 14.0 Å². The molecule has 2 N–H and O–H groups in total. The van der Waals surface area contributed by atoms with E-state index in [0.29, 0.717) is 22.5 Å². The third-order valence-corrected chi connectivity index (χ3v) is 5.13. The number of aromatic amines is 1. The zero-order valence-corrected chi connectivity index (χ0v) is 18.8. The molecule has 0 saturated heterocycles. The zero-order valence-electron chi connectivity index (χ0n) is 18.8. The van der Waals surface area contributed by atoms with E-state index in [0.717, 1.165) is 5.56 Å². The topological polar surface area (TPSA) is 126 Å². The van der Waals surface area contributed by atoms with E-state index in [4.69, 9.17) is 0 Å². The normalized spacial score (nSPS) is 11.3. The fraction of sp³-hybridized carbons (Fsp3) is 0.208. The summed E-state index contributed by atoms with van der Waals surface area (Å²) in [5.74, 6) is -1.35. The molecule has 9 nitrogen and oxygen atoms in total. The van der Waals surface area contributed by atoms with Gasteiger partial charge in [-0.2, -0.15) is 5.10 Å². The number of rotatable bonds is 5. The number of nitrogens with one attached hydrogen (secondary N) is 2. The number of hydrogen-bond acceptors (Lipinski definition) is 7. The number of carbonyl (C=O) groups excluding carboxylic acids is 1. The second-order valence-corrected chi connectivity index (χ2v) is 8.68. The van der Waals surface area contributed by atoms with Crippen LogP contribution in [0.15, 0.2) is 60.0 Å². The summed E-state index contributed by atoms with van der Waals surface area (Å²) >= 11 is 0. The molecule has 0 aliphatic carbocycles. The lowest BCUT2D eigenvalue weighted by Gasteiger charge is -2.17. The van der Waals surface area contributed by atoms with Gasteiger partial charge in [0.15, 0.2) is 0 Å². The first-order chi connectivity index (χ1) is 16.2. The number of hydrogen-bond donors (Lipinski definition) is 2. The molecule has 0 saturated carbocycles. The monoisotopic (exact) mass is 459 g/mol. The van der Waals surface area contributed by atoms with Gasteiger partial charge < -0.3 is 5.32 Å². The van der Waals surface area contributed by atoms with Crippen LogP contribution in [0.25, 0.3) is 11.3 Å². The Morgan fingerprint density at radius 1 is 1.09 bits per heavy atom. The highest BCUT2D eigenvalue weighted by Gasteiger charge is 2.18. The Kier molecular flexibility index (Phi) is 6.22. The molecule has 3 heterocycles. The molecule has 3 aromatic heterocycles. The van der Waals surface area contributed by atoms with Crippen LogP contribution in [-0.4, -0.2) is 36.0 Å². The van der Waals surface area contributed by atoms with Gasteiger partial charge in [-0.15, -0.1) is 0 Å². The third kappa shape index (κ3) is 5.17. The van der Waals surface area contributed by atoms with Crippen molar-refractivity contribution in [3.05, 3.63) is 94.1 Å². The smallest absolute Gasteiger partial charge is 0.293 e. The fourth-order valence-electron chi connectivity index (χ4n) is 3.13. The maximum Gasteiger partial charge on any atom is 0.293 e. The second-order valence-electron chi connectivity index (χ2n) is 8.68. The molecule has 0 atom stereocenters. The average Bonchev–Trinajstić information content (AvgIpc) is 2.82. The number of benzene rings is 1. The predicted molar refractivity (Wildman–Crippen MR) is 124 cm³/mol. The second kappa shape index (κ2) is 9.26. The summed E-state index contributed by atoms with van der Waals surface area (Å²) in [6.45, 7) is 6.03. The fourth-order valence-corrected chi connectivity index (χ4v) is 3.13. The van der Waals surface area contributed by atoms with Gasteiger partial charge in [0.25, 0.3) is 11.5 Å². The third-order valence-electron chi connectivity index (χ3n) is 5.13. The molecule has 0 unspecified atom stereocenters. The van der Waals surface area contributed by atoms with Crippen molar-refractivity contribution < 1.29 is 9.18 Å². The molecular formula is C24H22FN7O2. The first-order valence-electron chi connectivity index (χ1n) is 10.5. The van der Waals surface area contributed by atoms with Crippen molar-refractivity contribution in [2.75, 3.05) is 5.32 Å². The lowest BCUT2D eigenvalue weighted by molar-refractivity contribution is 0.101. The Balaban J connectivity index is 1.58. The lowest BCUT2D eigenvalue weighted by atomic mass is 9.89. The highest BCUT2D eigenvalue weighted by atomic mass is 19.1. The molecule has 4 rings (SSSR count). The van der Waals surface area contributed by atoms with Crippen molar-refractivity contribution in [1.82, 2.24) is 30.1 Å². The number of halogens is 1. The van der Waals surface area contributed by atoms with E-state index in [1.54, 1.807) is 30.7 Å². The molecular weight excluding hydrogens is 437 g/mol. The summed E-state index contributed by atoms with van der Waals surface area (Å²) in [5, 5.41) is 9.02. The highest BCUT2D eigenvalue weighted by Crippen LogP contribution is 2.24. The van der Waals surface area contributed by atoms with Crippen molar-refractivity contribution >= 4 is 11.6 Å². The lowest BCUT2D eigenvalue weighted by Crippen LogP contribution is -2.19. The predicted octanol–water partition coefficient (Wildman–Crippen LogP) is 3.30. The van der Waals surface area contributed by atoms with Gasteiger partial charge in [-0.1, -0.05) is 20.8 Å². The first kappa shape index (κ1) is 22.8. The van der Waals surface area contributed by atoms with E-state index in [-0.39, 0.29) is 28.9 Å². The van der Waals surface area contributed by atoms with E-state index in [1.807, 2.05) is 20.8 Å². The summed E-state index contributed by atoms with van der Waals surface area (Å²) in [6, 6.07) is 7.47. The van der Waals surface area contributed by atoms with Crippen LogP contribution in [0.1, 0.15) is 48.2 Å². The molecule has 0 spiro atoms. The summed E-state index contributed by atoms with van der Waals surface area (Å²) in [4.78, 5) is 41.0. The van der Waals surface area contributed by atoms with Crippen molar-refractivity contribution in [3.8, 4) is 11.3 Å². The Bertz CT molecular complexity index is 1380. The average molecular weight is 459 g/mol. The summed E-state index contributed by atoms with van der Waals surface area (Å²) in [5.41, 5.74) is 2.31. The number of nitrogens with zero attached hydrogens (tertiary/aromatic N) is 5. The molecule has 1 aromatic carbocycles. The van der Waals surface area contributed by atoms with Crippen LogP contribution in [0.3, 0.4) is 0 Å². The minimum absolute atomic E-state index is 0.0589. The zero-order chi connectivity index (χ0) is 24.3. The van der Waals surface area contributed by atoms with Gasteiger partial charge in [0, 0.05) is 41.8 Å². The Morgan fingerprint density at radius 2 is 1.85 bits per heavy atom. The molecule has 172 valence electrons. The first-order valence-corrected chi connectivity index (χ1v) is 10.5. The number of amides is 1. The van der Waals surface area contributed by atoms with Gasteiger partial charge >= 0.3 is 0 Å². The summed E-state index contributed by atoms with van der Waals surface area (Å²) < 4.78 is 14.5. The van der Waals surface area contributed by atoms with Gasteiger partial charge in [0.1, 0.15) is 12.1 Å². The SMILES string of the molecule is CC(C)(C)c1cnc(C(=O)Nc2cc(-c3cc(Cc4ccncn4)c(=O)[nH]n3)ccc2F)nc1. The summed E-state index contributed by atoms with van der Waals surface area (Å²) in [6.07, 6.45) is 6.44. The van der Waals surface area contributed by atoms with E-state index in [2.05, 4.69) is 35.5 Å². The number of anilines is 1. The minimum Gasteiger partial charge on any atom is -0.317 e. The Labute approximate surface area is 194 Å². The minimum atomic E-state index is -0.643. The van der Waals surface area contributed by atoms with Crippen LogP contribution < -0.4 is 10.9 Å². The number of carbonyl (C=O) groups is 1. The molecule has 4 aromatic rings. The van der Waals surface area contributed by atoms with Gasteiger partial charge in [-0.05, 0) is 41.3 Å². The van der Waals surface area contributed by atoms with Crippen molar-refractivity contribution in [1.29, 1.82) is 0 Å². The van der Waals surface area contributed by atoms with Crippen molar-refractivity contribution in [3.63, 3.8) is 0 Å². The standard InChI is InChI=1S/C24H22FN7O2/c1-24(2,3)16-11-27-21(28-12-16)23(34)30-20-9-14(4-5-18(20)25)19-10-15(22(33)32-31-19)8-17-6-7-26-13-29-17/h4-7,9-13H,8H2,1-3H3,(H,30,34)(H,32,33). The van der Waals surface area contributed by atoms with Gasteiger partial charge in [0.05, 0.1) is 11.4 Å². The number of H-pyrrole nitrogens is 1. The van der Waals surface area contributed by atoms with Crippen LogP contribution in [0.5, 0.6) is 0 Å². The van der Waals surface area contributed by atoms with E-state index >= 15 is 0 Å². The Hall–Kier alpha value is -4.34. The molecule has 0 radical (unpaired) electrons. The van der Waals surface area contributed by atoms with Crippen LogP contribution in [0, 0.1) is 5.82 Å². The van der Waals surface area contributed by atoms with E-state index in [1.165, 1.54) is 24.5 Å². The van der Waals surface area contributed by atoms with Gasteiger partial charge in [-0.3, -0.25) is 9.59 Å². The molecule has 0 fully saturated rings. The maximum absolute atomic E-state index is 14.5. The quantitative estimate of drug-likeness (QED) is 0.469. The molecule has 0 aliphatic heterocycles. The van der Waals surface area contributed by atoms with Crippen molar-refractivity contribution in [2.45, 2.75) is 32.6 Å². The highest BCUT2D eigenvalue weighted by molar-refractivity contribution is 6.01. The van der Waals surface area contributed by atoms with Crippen LogP contribution in [0.4, 0.5) is 10.1 Å². The van der Waals surface area contributed by atoms with Gasteiger partial charge in [0.2, 0.25) is 5.82 Å². The molecule has 0 aliphatic rings. The summed E-state index contributed by atoms with van der Waals surface area (Å²) in [7, 11) is 0. The van der Waals surface area contributed by atoms with Crippen molar-refractivity contribution in [2.24, 2.45) is 0 Å². The molecule has 0 bridgehead atoms. The molecule has 34 heavy (non-hydrogen) atoms. The molecule has 1 amide bonds. The van der Waals surface area contributed by atoms with E-state index < -0.39 is 11.7 Å². The van der Waals surface area contributed by atoms with Crippen LogP contribution in [0.2, 0.25) is 0 Å². The molecule has 10 heteroatoms. The number of aromatic nitrogens is 6. The largest absolute Gasteiger partial charge is 0.317 e. The Morgan fingerprint density at radius 3 is 2.53 bits per heavy atom. The van der Waals surface area contributed by atoms with Crippen LogP contribution >= 0.6 is 0 Å². The van der Waals surface area contributed by atoms with Crippen LogP contribution in [-0.2, 0) is 11.8 Å². The maximum atomic E-state index is 14.5. The van der Waals surface area contributed by atoms with Gasteiger partial charge in [-0.25, -0.2) is 29.4 Å².